The van der Waals surface area contributed by atoms with Crippen LogP contribution in [0.5, 0.6) is 11.5 Å². The fourth-order valence-corrected chi connectivity index (χ4v) is 3.33. The van der Waals surface area contributed by atoms with Crippen molar-refractivity contribution in [2.24, 2.45) is 4.99 Å². The minimum absolute atomic E-state index is 0.0524. The van der Waals surface area contributed by atoms with Crippen LogP contribution < -0.4 is 15.6 Å². The topological polar surface area (TPSA) is 93.3 Å². The number of hydrogen-bond acceptors (Lipinski definition) is 6. The molecular weight excluding hydrogens is 429 g/mol. The maximum Gasteiger partial charge on any atom is 0.573 e. The van der Waals surface area contributed by atoms with Crippen LogP contribution in [0.15, 0.2) is 57.9 Å². The molecule has 1 atom stereocenters. The molecule has 1 unspecified atom stereocenters. The summed E-state index contributed by atoms with van der Waals surface area (Å²) in [4.78, 5) is 17.1. The number of nitrogens with zero attached hydrogens (tertiary/aromatic N) is 1. The molecule has 2 heterocycles. The fourth-order valence-electron chi connectivity index (χ4n) is 3.33. The Morgan fingerprint density at radius 3 is 2.81 bits per heavy atom. The molecule has 4 rings (SSSR count). The summed E-state index contributed by atoms with van der Waals surface area (Å²) in [6.07, 6.45) is -3.17. The third kappa shape index (κ3) is 5.38. The largest absolute Gasteiger partial charge is 0.573 e. The summed E-state index contributed by atoms with van der Waals surface area (Å²) in [5, 5.41) is 13.1. The second-order valence-electron chi connectivity index (χ2n) is 7.19. The summed E-state index contributed by atoms with van der Waals surface area (Å²) in [6, 6.07) is 10.9. The lowest BCUT2D eigenvalue weighted by Crippen LogP contribution is -2.34. The van der Waals surface area contributed by atoms with Crippen molar-refractivity contribution in [1.29, 1.82) is 0 Å². The van der Waals surface area contributed by atoms with E-state index in [4.69, 9.17) is 9.15 Å². The molecule has 1 aliphatic rings. The number of phenols is 1. The monoisotopic (exact) mass is 448 g/mol. The summed E-state index contributed by atoms with van der Waals surface area (Å²) in [7, 11) is 0. The Morgan fingerprint density at radius 1 is 1.22 bits per heavy atom. The lowest BCUT2D eigenvalue weighted by molar-refractivity contribution is -0.274. The fraction of sp³-hybridized carbons (Fsp3) is 0.273. The normalized spacial score (nSPS) is 17.0. The van der Waals surface area contributed by atoms with Crippen molar-refractivity contribution in [3.63, 3.8) is 0 Å². The van der Waals surface area contributed by atoms with E-state index in [1.165, 1.54) is 30.3 Å². The van der Waals surface area contributed by atoms with Gasteiger partial charge in [-0.15, -0.1) is 13.2 Å². The molecule has 0 radical (unpaired) electrons. The molecule has 1 fully saturated rings. The van der Waals surface area contributed by atoms with E-state index in [9.17, 15) is 23.1 Å². The average molecular weight is 448 g/mol. The van der Waals surface area contributed by atoms with Crippen LogP contribution in [0, 0.1) is 0 Å². The molecule has 2 N–H and O–H groups in total. The second kappa shape index (κ2) is 8.91. The average Bonchev–Trinajstić information content (AvgIpc) is 3.24. The van der Waals surface area contributed by atoms with Crippen LogP contribution in [0.2, 0.25) is 0 Å². The highest BCUT2D eigenvalue weighted by atomic mass is 19.4. The van der Waals surface area contributed by atoms with E-state index in [2.05, 4.69) is 15.0 Å². The maximum atomic E-state index is 12.9. The molecule has 0 bridgehead atoms. The highest BCUT2D eigenvalue weighted by molar-refractivity contribution is 5.96. The van der Waals surface area contributed by atoms with Gasteiger partial charge in [-0.05, 0) is 43.2 Å². The number of carbonyl (C=O) groups excluding carboxylic acids is 1. The first-order valence-corrected chi connectivity index (χ1v) is 9.84. The van der Waals surface area contributed by atoms with Gasteiger partial charge in [0.05, 0.1) is 11.8 Å². The van der Waals surface area contributed by atoms with Crippen LogP contribution in [0.25, 0.3) is 11.0 Å². The van der Waals surface area contributed by atoms with Crippen LogP contribution in [-0.4, -0.2) is 36.6 Å². The van der Waals surface area contributed by atoms with Crippen molar-refractivity contribution < 1.29 is 37.0 Å². The van der Waals surface area contributed by atoms with E-state index >= 15 is 0 Å². The van der Waals surface area contributed by atoms with Crippen LogP contribution in [0.1, 0.15) is 23.2 Å². The number of ether oxygens (including phenoxy) is 2. The first-order valence-electron chi connectivity index (χ1n) is 9.84. The Hall–Kier alpha value is -3.53. The standard InChI is InChI=1S/C22H19F3N2O5/c23-22(24,25)32-16-4-1-3-14(10-16)27-21-18(20(29)26-12-17-5-2-8-30-17)9-13-6-7-15(28)11-19(13)31-21/h1,3-4,6-7,9-11,17,28H,2,5,8,12H2,(H,26,29). The number of aromatic hydroxyl groups is 1. The third-order valence-corrected chi connectivity index (χ3v) is 4.77. The SMILES string of the molecule is O=C(NCC1CCCO1)c1cc2ccc(O)cc2oc1=Nc1cccc(OC(F)(F)F)c1. The highest BCUT2D eigenvalue weighted by Gasteiger charge is 2.31. The zero-order valence-corrected chi connectivity index (χ0v) is 16.7. The number of phenolic OH excluding ortho intramolecular Hbond substituents is 1. The number of hydrogen-bond donors (Lipinski definition) is 2. The molecule has 0 spiro atoms. The third-order valence-electron chi connectivity index (χ3n) is 4.77. The Kier molecular flexibility index (Phi) is 6.04. The van der Waals surface area contributed by atoms with E-state index < -0.39 is 18.0 Å². The molecule has 0 aliphatic carbocycles. The smallest absolute Gasteiger partial charge is 0.508 e. The summed E-state index contributed by atoms with van der Waals surface area (Å²) < 4.78 is 52.8. The van der Waals surface area contributed by atoms with Crippen molar-refractivity contribution in [3.05, 3.63) is 59.6 Å². The van der Waals surface area contributed by atoms with Gasteiger partial charge >= 0.3 is 6.36 Å². The van der Waals surface area contributed by atoms with Gasteiger partial charge in [-0.3, -0.25) is 4.79 Å². The molecule has 10 heteroatoms. The van der Waals surface area contributed by atoms with Gasteiger partial charge in [-0.25, -0.2) is 4.99 Å². The maximum absolute atomic E-state index is 12.9. The van der Waals surface area contributed by atoms with Crippen LogP contribution >= 0.6 is 0 Å². The van der Waals surface area contributed by atoms with Crippen molar-refractivity contribution in [3.8, 4) is 11.5 Å². The molecule has 1 aliphatic heterocycles. The minimum atomic E-state index is -4.85. The summed E-state index contributed by atoms with van der Waals surface area (Å²) in [5.41, 5.74) is 0.297. The van der Waals surface area contributed by atoms with Crippen molar-refractivity contribution >= 4 is 22.6 Å². The molecule has 7 nitrogen and oxygen atoms in total. The van der Waals surface area contributed by atoms with Gasteiger partial charge < -0.3 is 24.3 Å². The number of amides is 1. The second-order valence-corrected chi connectivity index (χ2v) is 7.19. The minimum Gasteiger partial charge on any atom is -0.508 e. The highest BCUT2D eigenvalue weighted by Crippen LogP contribution is 2.26. The lowest BCUT2D eigenvalue weighted by atomic mass is 10.1. The first kappa shape index (κ1) is 21.7. The van der Waals surface area contributed by atoms with E-state index in [0.717, 1.165) is 25.0 Å². The Bertz CT molecular complexity index is 1200. The van der Waals surface area contributed by atoms with Gasteiger partial charge in [0.2, 0.25) is 5.55 Å². The summed E-state index contributed by atoms with van der Waals surface area (Å²) in [5.74, 6) is -0.981. The molecule has 0 saturated carbocycles. The molecule has 1 amide bonds. The van der Waals surface area contributed by atoms with Gasteiger partial charge in [-0.2, -0.15) is 0 Å². The van der Waals surface area contributed by atoms with Crippen LogP contribution in [0.3, 0.4) is 0 Å². The van der Waals surface area contributed by atoms with E-state index in [0.29, 0.717) is 18.5 Å². The van der Waals surface area contributed by atoms with Gasteiger partial charge in [0.15, 0.2) is 0 Å². The molecular formula is C22H19F3N2O5. The molecule has 2 aromatic carbocycles. The molecule has 1 saturated heterocycles. The Balaban J connectivity index is 1.73. The zero-order valence-electron chi connectivity index (χ0n) is 16.7. The number of halogens is 3. The number of rotatable bonds is 5. The first-order chi connectivity index (χ1) is 15.3. The molecule has 168 valence electrons. The Labute approximate surface area is 180 Å². The van der Waals surface area contributed by atoms with Crippen molar-refractivity contribution in [2.75, 3.05) is 13.2 Å². The van der Waals surface area contributed by atoms with Gasteiger partial charge in [0, 0.05) is 30.7 Å². The molecule has 3 aromatic rings. The molecule has 1 aromatic heterocycles. The van der Waals surface area contributed by atoms with Crippen LogP contribution in [-0.2, 0) is 4.74 Å². The number of nitrogens with one attached hydrogen (secondary N) is 1. The number of fused-ring (bicyclic) bond motifs is 1. The van der Waals surface area contributed by atoms with E-state index in [1.54, 1.807) is 6.07 Å². The summed E-state index contributed by atoms with van der Waals surface area (Å²) in [6.45, 7) is 0.951. The van der Waals surface area contributed by atoms with E-state index in [1.807, 2.05) is 0 Å². The molecule has 32 heavy (non-hydrogen) atoms. The quantitative estimate of drug-likeness (QED) is 0.611. The van der Waals surface area contributed by atoms with Crippen LogP contribution in [0.4, 0.5) is 18.9 Å². The zero-order chi connectivity index (χ0) is 22.7. The number of carbonyl (C=O) groups is 1. The predicted molar refractivity (Wildman–Crippen MR) is 108 cm³/mol. The number of benzene rings is 2. The van der Waals surface area contributed by atoms with Gasteiger partial charge in [0.1, 0.15) is 22.6 Å². The van der Waals surface area contributed by atoms with Gasteiger partial charge in [0.25, 0.3) is 5.91 Å². The van der Waals surface area contributed by atoms with Crippen molar-refractivity contribution in [1.82, 2.24) is 5.32 Å². The van der Waals surface area contributed by atoms with Gasteiger partial charge in [-0.1, -0.05) is 6.07 Å². The Morgan fingerprint density at radius 2 is 2.06 bits per heavy atom. The number of alkyl halides is 3. The van der Waals surface area contributed by atoms with Crippen molar-refractivity contribution in [2.45, 2.75) is 25.3 Å². The lowest BCUT2D eigenvalue weighted by Gasteiger charge is -2.11. The van der Waals surface area contributed by atoms with E-state index in [-0.39, 0.29) is 34.2 Å². The summed E-state index contributed by atoms with van der Waals surface area (Å²) >= 11 is 0. The predicted octanol–water partition coefficient (Wildman–Crippen LogP) is 4.18.